The van der Waals surface area contributed by atoms with Crippen molar-refractivity contribution in [2.45, 2.75) is 52.1 Å². The van der Waals surface area contributed by atoms with Crippen LogP contribution in [-0.4, -0.2) is 33.3 Å². The highest BCUT2D eigenvalue weighted by atomic mass is 16.5. The fourth-order valence-electron chi connectivity index (χ4n) is 5.15. The van der Waals surface area contributed by atoms with Gasteiger partial charge in [0.25, 0.3) is 11.7 Å². The summed E-state index contributed by atoms with van der Waals surface area (Å²) in [6, 6.07) is 16.2. The maximum absolute atomic E-state index is 13.4. The third-order valence-corrected chi connectivity index (χ3v) is 7.02. The average molecular weight is 497 g/mol. The molecule has 1 saturated heterocycles. The Morgan fingerprint density at radius 1 is 1.03 bits per heavy atom. The minimum atomic E-state index is -0.744. The summed E-state index contributed by atoms with van der Waals surface area (Å²) in [4.78, 5) is 32.4. The largest absolute Gasteiger partial charge is 0.507 e. The van der Waals surface area contributed by atoms with E-state index in [0.717, 1.165) is 31.2 Å². The number of benzene rings is 2. The van der Waals surface area contributed by atoms with Gasteiger partial charge in [0.15, 0.2) is 0 Å². The number of rotatable bonds is 7. The maximum Gasteiger partial charge on any atom is 0.295 e. The van der Waals surface area contributed by atoms with Gasteiger partial charge in [-0.25, -0.2) is 0 Å². The van der Waals surface area contributed by atoms with E-state index in [9.17, 15) is 14.7 Å². The molecule has 0 bridgehead atoms. The topological polar surface area (TPSA) is 79.7 Å². The van der Waals surface area contributed by atoms with E-state index >= 15 is 0 Å². The SMILES string of the molecule is CC(C)COc1cccc(C2/C(=C(/O)c3ccc4c(c3)CCCC4)C(=O)C(=O)N2Cc2ccncc2)c1. The lowest BCUT2D eigenvalue weighted by molar-refractivity contribution is -0.140. The molecule has 1 aromatic heterocycles. The van der Waals surface area contributed by atoms with Crippen LogP contribution >= 0.6 is 0 Å². The number of aryl methyl sites for hydroxylation is 2. The molecule has 6 nitrogen and oxygen atoms in total. The standard InChI is InChI=1S/C31H32N2O4/c1-20(2)19-37-26-9-5-8-24(17-26)28-27(29(34)25-11-10-22-6-3-4-7-23(22)16-25)30(35)31(36)33(28)18-21-12-14-32-15-13-21/h5,8-17,20,28,34H,3-4,6-7,18-19H2,1-2H3/b29-27-. The zero-order chi connectivity index (χ0) is 25.9. The van der Waals surface area contributed by atoms with Crippen LogP contribution in [0.3, 0.4) is 0 Å². The highest BCUT2D eigenvalue weighted by Crippen LogP contribution is 2.41. The molecular formula is C31H32N2O4. The fraction of sp³-hybridized carbons (Fsp3) is 0.323. The number of amides is 1. The van der Waals surface area contributed by atoms with Crippen molar-refractivity contribution in [2.24, 2.45) is 5.92 Å². The van der Waals surface area contributed by atoms with Crippen LogP contribution in [-0.2, 0) is 29.0 Å². The van der Waals surface area contributed by atoms with E-state index in [1.807, 2.05) is 54.6 Å². The number of hydrogen-bond donors (Lipinski definition) is 1. The number of aliphatic hydroxyl groups is 1. The Morgan fingerprint density at radius 3 is 2.54 bits per heavy atom. The van der Waals surface area contributed by atoms with Crippen LogP contribution in [0.5, 0.6) is 5.75 Å². The summed E-state index contributed by atoms with van der Waals surface area (Å²) in [7, 11) is 0. The molecule has 37 heavy (non-hydrogen) atoms. The molecule has 5 rings (SSSR count). The second-order valence-corrected chi connectivity index (χ2v) is 10.3. The van der Waals surface area contributed by atoms with E-state index in [0.29, 0.717) is 29.4 Å². The highest BCUT2D eigenvalue weighted by molar-refractivity contribution is 6.46. The Hall–Kier alpha value is -3.93. The van der Waals surface area contributed by atoms with Crippen molar-refractivity contribution in [1.82, 2.24) is 9.88 Å². The molecule has 1 aliphatic heterocycles. The molecular weight excluding hydrogens is 464 g/mol. The molecule has 2 aliphatic rings. The first-order valence-corrected chi connectivity index (χ1v) is 12.9. The minimum absolute atomic E-state index is 0.107. The molecule has 3 aromatic rings. The van der Waals surface area contributed by atoms with E-state index in [-0.39, 0.29) is 17.9 Å². The molecule has 0 radical (unpaired) electrons. The van der Waals surface area contributed by atoms with Gasteiger partial charge in [0.05, 0.1) is 18.2 Å². The Labute approximate surface area is 217 Å². The summed E-state index contributed by atoms with van der Waals surface area (Å²) in [6.07, 6.45) is 7.56. The molecule has 0 spiro atoms. The third kappa shape index (κ3) is 5.15. The van der Waals surface area contributed by atoms with E-state index in [1.165, 1.54) is 16.0 Å². The fourth-order valence-corrected chi connectivity index (χ4v) is 5.15. The third-order valence-electron chi connectivity index (χ3n) is 7.02. The predicted molar refractivity (Wildman–Crippen MR) is 142 cm³/mol. The molecule has 1 N–H and O–H groups in total. The van der Waals surface area contributed by atoms with Crippen molar-refractivity contribution >= 4 is 17.4 Å². The van der Waals surface area contributed by atoms with Gasteiger partial charge in [-0.3, -0.25) is 14.6 Å². The molecule has 2 heterocycles. The van der Waals surface area contributed by atoms with Crippen molar-refractivity contribution in [3.8, 4) is 5.75 Å². The number of nitrogens with zero attached hydrogens (tertiary/aromatic N) is 2. The van der Waals surface area contributed by atoms with Crippen LogP contribution in [0.15, 0.2) is 72.6 Å². The number of likely N-dealkylation sites (tertiary alicyclic amines) is 1. The van der Waals surface area contributed by atoms with Crippen molar-refractivity contribution in [3.63, 3.8) is 0 Å². The predicted octanol–water partition coefficient (Wildman–Crippen LogP) is 5.62. The summed E-state index contributed by atoms with van der Waals surface area (Å²) < 4.78 is 5.94. The number of hydrogen-bond acceptors (Lipinski definition) is 5. The van der Waals surface area contributed by atoms with Gasteiger partial charge in [0, 0.05) is 24.5 Å². The smallest absolute Gasteiger partial charge is 0.295 e. The van der Waals surface area contributed by atoms with Gasteiger partial charge < -0.3 is 14.7 Å². The van der Waals surface area contributed by atoms with Crippen molar-refractivity contribution in [2.75, 3.05) is 6.61 Å². The van der Waals surface area contributed by atoms with Crippen molar-refractivity contribution in [1.29, 1.82) is 0 Å². The number of carbonyl (C=O) groups excluding carboxylic acids is 2. The second-order valence-electron chi connectivity index (χ2n) is 10.3. The molecule has 1 amide bonds. The molecule has 1 unspecified atom stereocenters. The molecule has 1 fully saturated rings. The Balaban J connectivity index is 1.60. The first kappa shape index (κ1) is 24.8. The van der Waals surface area contributed by atoms with Gasteiger partial charge in [0.1, 0.15) is 11.5 Å². The quantitative estimate of drug-likeness (QED) is 0.261. The zero-order valence-corrected chi connectivity index (χ0v) is 21.3. The summed E-state index contributed by atoms with van der Waals surface area (Å²) in [5.74, 6) is -0.431. The molecule has 1 atom stereocenters. The summed E-state index contributed by atoms with van der Waals surface area (Å²) in [5, 5.41) is 11.5. The van der Waals surface area contributed by atoms with E-state index in [1.54, 1.807) is 12.4 Å². The maximum atomic E-state index is 13.4. The number of carbonyl (C=O) groups is 2. The zero-order valence-electron chi connectivity index (χ0n) is 21.3. The Kier molecular flexibility index (Phi) is 7.08. The lowest BCUT2D eigenvalue weighted by Gasteiger charge is -2.26. The van der Waals surface area contributed by atoms with Crippen LogP contribution in [0.25, 0.3) is 5.76 Å². The number of pyridine rings is 1. The van der Waals surface area contributed by atoms with Crippen molar-refractivity contribution in [3.05, 3.63) is 100 Å². The van der Waals surface area contributed by atoms with Crippen LogP contribution in [0, 0.1) is 5.92 Å². The Bertz CT molecular complexity index is 1350. The van der Waals surface area contributed by atoms with Gasteiger partial charge in [0.2, 0.25) is 0 Å². The molecule has 6 heteroatoms. The molecule has 0 saturated carbocycles. The molecule has 1 aliphatic carbocycles. The monoisotopic (exact) mass is 496 g/mol. The number of fused-ring (bicyclic) bond motifs is 1. The van der Waals surface area contributed by atoms with E-state index < -0.39 is 17.7 Å². The van der Waals surface area contributed by atoms with Crippen LogP contribution in [0.1, 0.15) is 60.5 Å². The second kappa shape index (κ2) is 10.6. The number of ether oxygens (including phenoxy) is 1. The van der Waals surface area contributed by atoms with Gasteiger partial charge in [-0.05, 0) is 84.2 Å². The molecule has 190 valence electrons. The van der Waals surface area contributed by atoms with Crippen LogP contribution in [0.4, 0.5) is 0 Å². The summed E-state index contributed by atoms with van der Waals surface area (Å²) in [5.41, 5.74) is 4.72. The van der Waals surface area contributed by atoms with Gasteiger partial charge in [-0.1, -0.05) is 38.1 Å². The number of aliphatic hydroxyl groups excluding tert-OH is 1. The lowest BCUT2D eigenvalue weighted by atomic mass is 9.88. The number of aromatic nitrogens is 1. The van der Waals surface area contributed by atoms with Crippen molar-refractivity contribution < 1.29 is 19.4 Å². The van der Waals surface area contributed by atoms with Crippen LogP contribution in [0.2, 0.25) is 0 Å². The highest BCUT2D eigenvalue weighted by Gasteiger charge is 2.46. The van der Waals surface area contributed by atoms with Crippen LogP contribution < -0.4 is 4.74 Å². The summed E-state index contributed by atoms with van der Waals surface area (Å²) >= 11 is 0. The van der Waals surface area contributed by atoms with Gasteiger partial charge in [-0.15, -0.1) is 0 Å². The lowest BCUT2D eigenvalue weighted by Crippen LogP contribution is -2.29. The van der Waals surface area contributed by atoms with Gasteiger partial charge >= 0.3 is 0 Å². The van der Waals surface area contributed by atoms with E-state index in [2.05, 4.69) is 18.8 Å². The van der Waals surface area contributed by atoms with E-state index in [4.69, 9.17) is 4.74 Å². The summed E-state index contributed by atoms with van der Waals surface area (Å²) in [6.45, 7) is 4.92. The first-order chi connectivity index (χ1) is 17.9. The minimum Gasteiger partial charge on any atom is -0.507 e. The average Bonchev–Trinajstić information content (AvgIpc) is 3.17. The van der Waals surface area contributed by atoms with Gasteiger partial charge in [-0.2, -0.15) is 0 Å². The Morgan fingerprint density at radius 2 is 1.78 bits per heavy atom. The molecule has 2 aromatic carbocycles. The number of ketones is 1. The number of Topliss-reactive ketones (excluding diaryl/α,β-unsaturated/α-hetero) is 1. The normalized spacial score (nSPS) is 18.8. The first-order valence-electron chi connectivity index (χ1n) is 12.9.